The fraction of sp³-hybridized carbons (Fsp3) is 0.346. The van der Waals surface area contributed by atoms with Crippen molar-refractivity contribution in [1.82, 2.24) is 0 Å². The summed E-state index contributed by atoms with van der Waals surface area (Å²) in [6.07, 6.45) is 2.19. The molecule has 0 radical (unpaired) electrons. The molecule has 2 unspecified atom stereocenters. The Labute approximate surface area is 166 Å². The van der Waals surface area contributed by atoms with Crippen LogP contribution in [0.2, 0.25) is 0 Å². The molecule has 0 N–H and O–H groups in total. The molecule has 1 saturated carbocycles. The summed E-state index contributed by atoms with van der Waals surface area (Å²) in [7, 11) is 0. The highest BCUT2D eigenvalue weighted by atomic mass is 19.1. The molecule has 2 atom stereocenters. The standard InChI is InChI=1S/C26H27FN/c1-14(2)19-9-8-18-10-11-28-24(20(18)13-19)21-12-15(3)23(27)16(4)22(21)25(6)17(5)26(25,28)7/h8-14H,5H2,1-4,6-7H3/q+1. The van der Waals surface area contributed by atoms with Gasteiger partial charge in [0.05, 0.1) is 16.4 Å². The summed E-state index contributed by atoms with van der Waals surface area (Å²) in [6.45, 7) is 17.1. The molecule has 2 heteroatoms. The van der Waals surface area contributed by atoms with Gasteiger partial charge in [0, 0.05) is 18.6 Å². The molecule has 1 nitrogen and oxygen atoms in total. The minimum Gasteiger partial charge on any atom is -0.206 e. The summed E-state index contributed by atoms with van der Waals surface area (Å²) >= 11 is 0. The van der Waals surface area contributed by atoms with Crippen LogP contribution in [-0.4, -0.2) is 0 Å². The molecule has 2 aromatic carbocycles. The lowest BCUT2D eigenvalue weighted by Crippen LogP contribution is -2.53. The highest BCUT2D eigenvalue weighted by Crippen LogP contribution is 2.68. The number of aryl methyl sites for hydroxylation is 1. The van der Waals surface area contributed by atoms with E-state index in [9.17, 15) is 4.39 Å². The molecular formula is C26H27FN+. The fourth-order valence-electron chi connectivity index (χ4n) is 5.62. The third-order valence-corrected chi connectivity index (χ3v) is 7.66. The van der Waals surface area contributed by atoms with Crippen molar-refractivity contribution in [3.8, 4) is 11.3 Å². The number of fused-ring (bicyclic) bond motifs is 8. The van der Waals surface area contributed by atoms with E-state index in [1.807, 2.05) is 19.9 Å². The largest absolute Gasteiger partial charge is 0.221 e. The van der Waals surface area contributed by atoms with E-state index in [0.29, 0.717) is 11.5 Å². The third kappa shape index (κ3) is 1.75. The van der Waals surface area contributed by atoms with Crippen molar-refractivity contribution in [3.05, 3.63) is 76.8 Å². The van der Waals surface area contributed by atoms with Crippen molar-refractivity contribution in [2.75, 3.05) is 0 Å². The van der Waals surface area contributed by atoms with Gasteiger partial charge in [0.1, 0.15) is 5.82 Å². The maximum absolute atomic E-state index is 15.0. The van der Waals surface area contributed by atoms with Gasteiger partial charge in [0.15, 0.2) is 6.20 Å². The van der Waals surface area contributed by atoms with Gasteiger partial charge in [-0.15, -0.1) is 0 Å². The van der Waals surface area contributed by atoms with Gasteiger partial charge in [-0.3, -0.25) is 0 Å². The number of rotatable bonds is 1. The van der Waals surface area contributed by atoms with Crippen molar-refractivity contribution < 1.29 is 8.96 Å². The summed E-state index contributed by atoms with van der Waals surface area (Å²) in [6, 6.07) is 11.0. The minimum absolute atomic E-state index is 0.0846. The zero-order valence-corrected chi connectivity index (χ0v) is 17.6. The third-order valence-electron chi connectivity index (χ3n) is 7.66. The molecule has 2 heterocycles. The lowest BCUT2D eigenvalue weighted by Gasteiger charge is -2.27. The molecule has 5 rings (SSSR count). The Morgan fingerprint density at radius 1 is 1.07 bits per heavy atom. The number of nitrogens with zero attached hydrogens (tertiary/aromatic N) is 1. The Balaban J connectivity index is 2.00. The highest BCUT2D eigenvalue weighted by molar-refractivity contribution is 5.96. The van der Waals surface area contributed by atoms with Crippen LogP contribution in [0.5, 0.6) is 0 Å². The molecule has 142 valence electrons. The van der Waals surface area contributed by atoms with Crippen LogP contribution in [0.4, 0.5) is 4.39 Å². The maximum atomic E-state index is 15.0. The van der Waals surface area contributed by atoms with Crippen LogP contribution in [0.1, 0.15) is 55.9 Å². The first-order valence-electron chi connectivity index (χ1n) is 10.1. The number of hydrogen-bond donors (Lipinski definition) is 0. The van der Waals surface area contributed by atoms with E-state index in [0.717, 1.165) is 22.3 Å². The molecule has 1 fully saturated rings. The van der Waals surface area contributed by atoms with Crippen LogP contribution in [-0.2, 0) is 11.0 Å². The van der Waals surface area contributed by atoms with Gasteiger partial charge >= 0.3 is 0 Å². The van der Waals surface area contributed by atoms with Gasteiger partial charge in [-0.05, 0) is 66.5 Å². The van der Waals surface area contributed by atoms with Crippen LogP contribution >= 0.6 is 0 Å². The number of pyridine rings is 1. The molecular weight excluding hydrogens is 345 g/mol. The van der Waals surface area contributed by atoms with Gasteiger partial charge in [-0.25, -0.2) is 4.39 Å². The van der Waals surface area contributed by atoms with Crippen LogP contribution in [0.25, 0.3) is 22.0 Å². The number of allylic oxidation sites excluding steroid dienone is 1. The first kappa shape index (κ1) is 17.6. The van der Waals surface area contributed by atoms with Gasteiger partial charge < -0.3 is 0 Å². The molecule has 28 heavy (non-hydrogen) atoms. The second kappa shape index (κ2) is 5.11. The van der Waals surface area contributed by atoms with Crippen molar-refractivity contribution in [2.45, 2.75) is 58.4 Å². The Morgan fingerprint density at radius 2 is 1.79 bits per heavy atom. The predicted molar refractivity (Wildman–Crippen MR) is 113 cm³/mol. The second-order valence-corrected chi connectivity index (χ2v) is 9.27. The molecule has 1 aliphatic carbocycles. The molecule has 0 bridgehead atoms. The highest BCUT2D eigenvalue weighted by Gasteiger charge is 2.78. The number of aromatic nitrogens is 1. The van der Waals surface area contributed by atoms with E-state index < -0.39 is 0 Å². The molecule has 0 amide bonds. The van der Waals surface area contributed by atoms with Crippen LogP contribution in [0.3, 0.4) is 0 Å². The van der Waals surface area contributed by atoms with Crippen molar-refractivity contribution in [1.29, 1.82) is 0 Å². The van der Waals surface area contributed by atoms with E-state index in [2.05, 4.69) is 69.3 Å². The van der Waals surface area contributed by atoms with Crippen LogP contribution < -0.4 is 4.57 Å². The summed E-state index contributed by atoms with van der Waals surface area (Å²) < 4.78 is 17.3. The average molecular weight is 373 g/mol. The van der Waals surface area contributed by atoms with Crippen molar-refractivity contribution in [2.24, 2.45) is 0 Å². The van der Waals surface area contributed by atoms with Crippen LogP contribution in [0, 0.1) is 19.7 Å². The Kier molecular flexibility index (Phi) is 3.21. The second-order valence-electron chi connectivity index (χ2n) is 9.27. The topological polar surface area (TPSA) is 3.88 Å². The van der Waals surface area contributed by atoms with E-state index in [1.54, 1.807) is 0 Å². The summed E-state index contributed by atoms with van der Waals surface area (Å²) in [4.78, 5) is 0. The van der Waals surface area contributed by atoms with E-state index in [-0.39, 0.29) is 16.8 Å². The van der Waals surface area contributed by atoms with E-state index in [4.69, 9.17) is 0 Å². The predicted octanol–water partition coefficient (Wildman–Crippen LogP) is 6.23. The Hall–Kier alpha value is -2.48. The van der Waals surface area contributed by atoms with Crippen molar-refractivity contribution in [3.63, 3.8) is 0 Å². The fourth-order valence-corrected chi connectivity index (χ4v) is 5.62. The maximum Gasteiger partial charge on any atom is 0.221 e. The van der Waals surface area contributed by atoms with Gasteiger partial charge in [-0.2, -0.15) is 4.57 Å². The Bertz CT molecular complexity index is 1220. The normalized spacial score (nSPS) is 24.9. The molecule has 0 saturated heterocycles. The zero-order chi connectivity index (χ0) is 20.2. The number of halogens is 1. The van der Waals surface area contributed by atoms with Gasteiger partial charge in [0.2, 0.25) is 11.2 Å². The average Bonchev–Trinajstić information content (AvgIpc) is 3.12. The van der Waals surface area contributed by atoms with E-state index in [1.165, 1.54) is 22.0 Å². The lowest BCUT2D eigenvalue weighted by atomic mass is 9.79. The summed E-state index contributed by atoms with van der Waals surface area (Å²) in [5, 5.41) is 2.46. The summed E-state index contributed by atoms with van der Waals surface area (Å²) in [5.74, 6) is 0.375. The SMILES string of the molecule is C=C1C2(C)c3c(cc(C)c(F)c3C)-c3c4cc(C(C)C)ccc4cc[n+]3C12C. The zero-order valence-electron chi connectivity index (χ0n) is 17.6. The number of hydrogen-bond acceptors (Lipinski definition) is 0. The molecule has 1 aromatic heterocycles. The van der Waals surface area contributed by atoms with Crippen molar-refractivity contribution >= 4 is 10.8 Å². The monoisotopic (exact) mass is 372 g/mol. The summed E-state index contributed by atoms with van der Waals surface area (Å²) in [5.41, 5.74) is 6.98. The van der Waals surface area contributed by atoms with E-state index >= 15 is 0 Å². The first-order valence-corrected chi connectivity index (χ1v) is 10.1. The molecule has 1 aliphatic heterocycles. The molecule has 2 aliphatic rings. The Morgan fingerprint density at radius 3 is 2.46 bits per heavy atom. The molecule has 0 spiro atoms. The van der Waals surface area contributed by atoms with Gasteiger partial charge in [0.25, 0.3) is 0 Å². The number of benzene rings is 2. The molecule has 3 aromatic rings. The van der Waals surface area contributed by atoms with Gasteiger partial charge in [-0.1, -0.05) is 32.6 Å². The quantitative estimate of drug-likeness (QED) is 0.352. The first-order chi connectivity index (χ1) is 13.1. The van der Waals surface area contributed by atoms with Crippen LogP contribution in [0.15, 0.2) is 48.7 Å². The smallest absolute Gasteiger partial charge is 0.206 e. The lowest BCUT2D eigenvalue weighted by molar-refractivity contribution is -0.726. The minimum atomic E-state index is -0.234.